The van der Waals surface area contributed by atoms with Gasteiger partial charge in [0.15, 0.2) is 0 Å². The van der Waals surface area contributed by atoms with Crippen LogP contribution in [-0.4, -0.2) is 30.8 Å². The predicted octanol–water partition coefficient (Wildman–Crippen LogP) is 1.90. The van der Waals surface area contributed by atoms with Crippen LogP contribution >= 0.6 is 0 Å². The number of carbonyl (C=O) groups is 1. The summed E-state index contributed by atoms with van der Waals surface area (Å²) < 4.78 is 5.29. The molecule has 0 aliphatic carbocycles. The zero-order valence-corrected chi connectivity index (χ0v) is 11.7. The monoisotopic (exact) mass is 265 g/mol. The summed E-state index contributed by atoms with van der Waals surface area (Å²) in [5.41, 5.74) is 1.09. The molecule has 2 N–H and O–H groups in total. The maximum Gasteiger partial charge on any atom is 0.220 e. The van der Waals surface area contributed by atoms with Crippen LogP contribution < -0.4 is 10.1 Å². The summed E-state index contributed by atoms with van der Waals surface area (Å²) in [7, 11) is 1.65. The number of aliphatic hydroxyl groups excluding tert-OH is 1. The van der Waals surface area contributed by atoms with Crippen molar-refractivity contribution in [3.8, 4) is 5.75 Å². The number of carbonyl (C=O) groups excluding carboxylic acids is 1. The summed E-state index contributed by atoms with van der Waals surface area (Å²) in [5.74, 6) is 0.889. The molecule has 0 saturated heterocycles. The number of rotatable bonds is 8. The van der Waals surface area contributed by atoms with E-state index in [1.165, 1.54) is 0 Å². The number of para-hydroxylation sites is 1. The number of nitrogens with one attached hydrogen (secondary N) is 1. The molecule has 1 unspecified atom stereocenters. The lowest BCUT2D eigenvalue weighted by Crippen LogP contribution is -2.34. The Labute approximate surface area is 114 Å². The van der Waals surface area contributed by atoms with Crippen molar-refractivity contribution in [2.45, 2.75) is 38.6 Å². The molecule has 0 aromatic heterocycles. The second-order valence-electron chi connectivity index (χ2n) is 4.67. The molecule has 0 aliphatic heterocycles. The largest absolute Gasteiger partial charge is 0.496 e. The Hall–Kier alpha value is -1.55. The van der Waals surface area contributed by atoms with Gasteiger partial charge in [-0.05, 0) is 37.8 Å². The van der Waals surface area contributed by atoms with Crippen molar-refractivity contribution in [2.75, 3.05) is 13.7 Å². The Morgan fingerprint density at radius 1 is 1.37 bits per heavy atom. The van der Waals surface area contributed by atoms with Gasteiger partial charge in [0.1, 0.15) is 5.75 Å². The first-order valence-electron chi connectivity index (χ1n) is 6.69. The van der Waals surface area contributed by atoms with E-state index in [2.05, 4.69) is 5.32 Å². The lowest BCUT2D eigenvalue weighted by molar-refractivity contribution is -0.121. The first-order chi connectivity index (χ1) is 9.17. The van der Waals surface area contributed by atoms with E-state index in [0.717, 1.165) is 24.2 Å². The zero-order valence-electron chi connectivity index (χ0n) is 11.7. The number of methoxy groups -OCH3 is 1. The maximum absolute atomic E-state index is 11.6. The van der Waals surface area contributed by atoms with Gasteiger partial charge >= 0.3 is 0 Å². The number of benzene rings is 1. The number of ether oxygens (including phenoxy) is 1. The molecule has 0 spiro atoms. The molecular weight excluding hydrogens is 242 g/mol. The minimum atomic E-state index is 0.0378. The van der Waals surface area contributed by atoms with Crippen molar-refractivity contribution < 1.29 is 14.6 Å². The van der Waals surface area contributed by atoms with Crippen LogP contribution in [0.2, 0.25) is 0 Å². The van der Waals surface area contributed by atoms with Crippen LogP contribution in [0.4, 0.5) is 0 Å². The minimum Gasteiger partial charge on any atom is -0.496 e. The molecule has 0 radical (unpaired) electrons. The van der Waals surface area contributed by atoms with Crippen LogP contribution in [0, 0.1) is 0 Å². The Bertz CT molecular complexity index is 393. The van der Waals surface area contributed by atoms with E-state index in [1.807, 2.05) is 31.2 Å². The molecule has 0 aliphatic rings. The fourth-order valence-electron chi connectivity index (χ4n) is 2.00. The van der Waals surface area contributed by atoms with Gasteiger partial charge in [-0.3, -0.25) is 4.79 Å². The third kappa shape index (κ3) is 5.75. The predicted molar refractivity (Wildman–Crippen MR) is 75.2 cm³/mol. The highest BCUT2D eigenvalue weighted by Crippen LogP contribution is 2.18. The number of hydrogen-bond donors (Lipinski definition) is 2. The molecule has 19 heavy (non-hydrogen) atoms. The highest BCUT2D eigenvalue weighted by molar-refractivity contribution is 5.76. The Balaban J connectivity index is 2.42. The van der Waals surface area contributed by atoms with Gasteiger partial charge in [0.05, 0.1) is 7.11 Å². The molecule has 0 bridgehead atoms. The van der Waals surface area contributed by atoms with Gasteiger partial charge in [-0.2, -0.15) is 0 Å². The van der Waals surface area contributed by atoms with E-state index in [1.54, 1.807) is 7.11 Å². The van der Waals surface area contributed by atoms with E-state index < -0.39 is 0 Å². The molecule has 106 valence electrons. The summed E-state index contributed by atoms with van der Waals surface area (Å²) in [6.45, 7) is 2.13. The summed E-state index contributed by atoms with van der Waals surface area (Å²) >= 11 is 0. The highest BCUT2D eigenvalue weighted by atomic mass is 16.5. The standard InChI is InChI=1S/C15H23NO3/c1-12(16-15(18)9-5-6-10-17)11-13-7-3-4-8-14(13)19-2/h3-4,7-8,12,17H,5-6,9-11H2,1-2H3,(H,16,18). The molecular formula is C15H23NO3. The number of hydrogen-bond acceptors (Lipinski definition) is 3. The second kappa shape index (κ2) is 8.53. The van der Waals surface area contributed by atoms with Crippen molar-refractivity contribution in [1.29, 1.82) is 0 Å². The van der Waals surface area contributed by atoms with Crippen molar-refractivity contribution in [3.05, 3.63) is 29.8 Å². The van der Waals surface area contributed by atoms with E-state index in [9.17, 15) is 4.79 Å². The summed E-state index contributed by atoms with van der Waals surface area (Å²) in [6, 6.07) is 7.89. The average Bonchev–Trinajstić information content (AvgIpc) is 2.39. The summed E-state index contributed by atoms with van der Waals surface area (Å²) in [5, 5.41) is 11.6. The van der Waals surface area contributed by atoms with E-state index >= 15 is 0 Å². The van der Waals surface area contributed by atoms with Gasteiger partial charge in [-0.1, -0.05) is 18.2 Å². The Morgan fingerprint density at radius 2 is 2.11 bits per heavy atom. The fraction of sp³-hybridized carbons (Fsp3) is 0.533. The molecule has 1 atom stereocenters. The van der Waals surface area contributed by atoms with Crippen LogP contribution in [0.1, 0.15) is 31.7 Å². The van der Waals surface area contributed by atoms with Crippen LogP contribution in [0.3, 0.4) is 0 Å². The van der Waals surface area contributed by atoms with Crippen LogP contribution in [0.25, 0.3) is 0 Å². The van der Waals surface area contributed by atoms with Crippen LogP contribution in [-0.2, 0) is 11.2 Å². The second-order valence-corrected chi connectivity index (χ2v) is 4.67. The average molecular weight is 265 g/mol. The smallest absolute Gasteiger partial charge is 0.220 e. The molecule has 0 heterocycles. The normalized spacial score (nSPS) is 11.9. The van der Waals surface area contributed by atoms with E-state index in [0.29, 0.717) is 12.8 Å². The van der Waals surface area contributed by atoms with Gasteiger partial charge in [0.2, 0.25) is 5.91 Å². The summed E-state index contributed by atoms with van der Waals surface area (Å²) in [4.78, 5) is 11.6. The van der Waals surface area contributed by atoms with Gasteiger partial charge in [0.25, 0.3) is 0 Å². The Morgan fingerprint density at radius 3 is 2.79 bits per heavy atom. The highest BCUT2D eigenvalue weighted by Gasteiger charge is 2.10. The van der Waals surface area contributed by atoms with Crippen molar-refractivity contribution in [1.82, 2.24) is 5.32 Å². The molecule has 4 nitrogen and oxygen atoms in total. The minimum absolute atomic E-state index is 0.0378. The quantitative estimate of drug-likeness (QED) is 0.706. The van der Waals surface area contributed by atoms with Crippen molar-refractivity contribution in [3.63, 3.8) is 0 Å². The van der Waals surface area contributed by atoms with Gasteiger partial charge in [-0.15, -0.1) is 0 Å². The molecule has 1 aromatic carbocycles. The molecule has 4 heteroatoms. The van der Waals surface area contributed by atoms with E-state index in [-0.39, 0.29) is 18.6 Å². The molecule has 0 saturated carbocycles. The van der Waals surface area contributed by atoms with Gasteiger partial charge < -0.3 is 15.2 Å². The molecule has 1 rings (SSSR count). The number of amides is 1. The fourth-order valence-corrected chi connectivity index (χ4v) is 2.00. The first kappa shape index (κ1) is 15.5. The topological polar surface area (TPSA) is 58.6 Å². The van der Waals surface area contributed by atoms with Crippen LogP contribution in [0.5, 0.6) is 5.75 Å². The maximum atomic E-state index is 11.6. The lowest BCUT2D eigenvalue weighted by atomic mass is 10.1. The third-order valence-electron chi connectivity index (χ3n) is 2.94. The SMILES string of the molecule is COc1ccccc1CC(C)NC(=O)CCCCO. The van der Waals surface area contributed by atoms with Crippen LogP contribution in [0.15, 0.2) is 24.3 Å². The van der Waals surface area contributed by atoms with Gasteiger partial charge in [-0.25, -0.2) is 0 Å². The summed E-state index contributed by atoms with van der Waals surface area (Å²) in [6.07, 6.45) is 2.62. The lowest BCUT2D eigenvalue weighted by Gasteiger charge is -2.15. The zero-order chi connectivity index (χ0) is 14.1. The molecule has 0 fully saturated rings. The van der Waals surface area contributed by atoms with Gasteiger partial charge in [0, 0.05) is 19.1 Å². The Kier molecular flexibility index (Phi) is 6.97. The molecule has 1 aromatic rings. The number of aliphatic hydroxyl groups is 1. The van der Waals surface area contributed by atoms with Crippen molar-refractivity contribution >= 4 is 5.91 Å². The number of unbranched alkanes of at least 4 members (excludes halogenated alkanes) is 1. The van der Waals surface area contributed by atoms with E-state index in [4.69, 9.17) is 9.84 Å². The first-order valence-corrected chi connectivity index (χ1v) is 6.69. The third-order valence-corrected chi connectivity index (χ3v) is 2.94. The van der Waals surface area contributed by atoms with Crippen molar-refractivity contribution in [2.24, 2.45) is 0 Å². The molecule has 1 amide bonds.